The monoisotopic (exact) mass is 287 g/mol. The molecule has 0 unspecified atom stereocenters. The van der Waals surface area contributed by atoms with Gasteiger partial charge < -0.3 is 9.15 Å². The zero-order valence-electron chi connectivity index (χ0n) is 12.4. The normalized spacial score (nSPS) is 16.2. The first-order valence-corrected chi connectivity index (χ1v) is 7.78. The lowest BCUT2D eigenvalue weighted by molar-refractivity contribution is -0.134. The van der Waals surface area contributed by atoms with Gasteiger partial charge in [-0.2, -0.15) is 0 Å². The van der Waals surface area contributed by atoms with E-state index in [9.17, 15) is 4.79 Å². The molecular weight excluding hydrogens is 266 g/mol. The predicted octanol–water partition coefficient (Wildman–Crippen LogP) is 4.40. The minimum Gasteiger partial charge on any atom is -0.441 e. The van der Waals surface area contributed by atoms with Crippen molar-refractivity contribution in [3.63, 3.8) is 0 Å². The Morgan fingerprint density at radius 2 is 2.14 bits per heavy atom. The van der Waals surface area contributed by atoms with E-state index in [1.807, 2.05) is 6.07 Å². The van der Waals surface area contributed by atoms with E-state index in [4.69, 9.17) is 9.15 Å². The van der Waals surface area contributed by atoms with Crippen LogP contribution in [-0.4, -0.2) is 11.0 Å². The van der Waals surface area contributed by atoms with Crippen LogP contribution in [0.3, 0.4) is 0 Å². The molecule has 3 rings (SSSR count). The van der Waals surface area contributed by atoms with Gasteiger partial charge in [0.15, 0.2) is 11.5 Å². The maximum atomic E-state index is 11.9. The summed E-state index contributed by atoms with van der Waals surface area (Å²) in [6.45, 7) is 1.80. The molecule has 0 spiro atoms. The number of hydrogen-bond donors (Lipinski definition) is 0. The Morgan fingerprint density at radius 1 is 1.33 bits per heavy atom. The molecule has 0 N–H and O–H groups in total. The molecule has 4 heteroatoms. The van der Waals surface area contributed by atoms with Gasteiger partial charge in [0.1, 0.15) is 11.3 Å². The molecule has 0 radical (unpaired) electrons. The third kappa shape index (κ3) is 3.63. The van der Waals surface area contributed by atoms with Crippen LogP contribution < -0.4 is 4.74 Å². The minimum absolute atomic E-state index is 0.156. The molecule has 0 bridgehead atoms. The van der Waals surface area contributed by atoms with Gasteiger partial charge in [0.2, 0.25) is 0 Å². The maximum absolute atomic E-state index is 11.9. The summed E-state index contributed by atoms with van der Waals surface area (Å²) in [5.41, 5.74) is 1.44. The van der Waals surface area contributed by atoms with E-state index in [2.05, 4.69) is 4.98 Å². The van der Waals surface area contributed by atoms with E-state index in [1.165, 1.54) is 32.1 Å². The van der Waals surface area contributed by atoms with Gasteiger partial charge in [-0.1, -0.05) is 32.1 Å². The summed E-state index contributed by atoms with van der Waals surface area (Å²) < 4.78 is 10.8. The van der Waals surface area contributed by atoms with Gasteiger partial charge in [-0.3, -0.25) is 4.79 Å². The van der Waals surface area contributed by atoms with Crippen molar-refractivity contribution in [1.82, 2.24) is 4.98 Å². The van der Waals surface area contributed by atoms with Gasteiger partial charge in [0.25, 0.3) is 0 Å². The maximum Gasteiger partial charge on any atom is 0.311 e. The summed E-state index contributed by atoms with van der Waals surface area (Å²) in [6, 6.07) is 5.31. The zero-order valence-corrected chi connectivity index (χ0v) is 12.4. The summed E-state index contributed by atoms with van der Waals surface area (Å²) in [7, 11) is 0. The topological polar surface area (TPSA) is 52.3 Å². The van der Waals surface area contributed by atoms with Gasteiger partial charge in [0.05, 0.1) is 0 Å². The number of oxazole rings is 1. The van der Waals surface area contributed by atoms with Crippen LogP contribution in [0.25, 0.3) is 11.1 Å². The van der Waals surface area contributed by atoms with Crippen molar-refractivity contribution in [2.75, 3.05) is 0 Å². The number of carbonyl (C=O) groups excluding carboxylic acids is 1. The Balaban J connectivity index is 1.55. The smallest absolute Gasteiger partial charge is 0.311 e. The second-order valence-corrected chi connectivity index (χ2v) is 5.88. The van der Waals surface area contributed by atoms with E-state index >= 15 is 0 Å². The molecule has 21 heavy (non-hydrogen) atoms. The van der Waals surface area contributed by atoms with Crippen LogP contribution in [0.4, 0.5) is 0 Å². The Morgan fingerprint density at radius 3 is 2.95 bits per heavy atom. The number of rotatable bonds is 4. The van der Waals surface area contributed by atoms with Crippen LogP contribution in [0.2, 0.25) is 0 Å². The lowest BCUT2D eigenvalue weighted by atomic mass is 9.86. The van der Waals surface area contributed by atoms with E-state index in [0.29, 0.717) is 29.6 Å². The van der Waals surface area contributed by atoms with E-state index < -0.39 is 0 Å². The number of esters is 1. The molecule has 1 aromatic heterocycles. The minimum atomic E-state index is -0.156. The van der Waals surface area contributed by atoms with Crippen LogP contribution >= 0.6 is 0 Å². The highest BCUT2D eigenvalue weighted by Gasteiger charge is 2.16. The first kappa shape index (κ1) is 14.1. The molecule has 1 saturated carbocycles. The van der Waals surface area contributed by atoms with E-state index in [-0.39, 0.29) is 5.97 Å². The molecule has 1 aliphatic carbocycles. The number of aromatic nitrogens is 1. The number of ether oxygens (including phenoxy) is 1. The third-order valence-electron chi connectivity index (χ3n) is 4.18. The van der Waals surface area contributed by atoms with E-state index in [0.717, 1.165) is 11.9 Å². The molecule has 4 nitrogen and oxygen atoms in total. The molecule has 112 valence electrons. The number of nitrogens with zero attached hydrogens (tertiary/aromatic N) is 1. The number of carbonyl (C=O) groups is 1. The summed E-state index contributed by atoms with van der Waals surface area (Å²) in [5, 5.41) is 0. The standard InChI is InChI=1S/C17H21NO3/c1-12-18-15-9-8-14(11-16(15)20-12)21-17(19)10-7-13-5-3-2-4-6-13/h8-9,11,13H,2-7,10H2,1H3. The number of fused-ring (bicyclic) bond motifs is 1. The van der Waals surface area contributed by atoms with Gasteiger partial charge >= 0.3 is 5.97 Å². The molecule has 0 atom stereocenters. The van der Waals surface area contributed by atoms with Crippen molar-refractivity contribution in [1.29, 1.82) is 0 Å². The Kier molecular flexibility index (Phi) is 4.23. The molecule has 1 heterocycles. The third-order valence-corrected chi connectivity index (χ3v) is 4.18. The summed E-state index contributed by atoms with van der Waals surface area (Å²) >= 11 is 0. The SMILES string of the molecule is Cc1nc2ccc(OC(=O)CCC3CCCCC3)cc2o1. The largest absolute Gasteiger partial charge is 0.441 e. The lowest BCUT2D eigenvalue weighted by Crippen LogP contribution is -2.12. The average Bonchev–Trinajstić information content (AvgIpc) is 2.85. The van der Waals surface area contributed by atoms with Crippen LogP contribution in [-0.2, 0) is 4.79 Å². The van der Waals surface area contributed by atoms with Gasteiger partial charge in [-0.05, 0) is 24.5 Å². The molecule has 1 aromatic carbocycles. The number of aryl methyl sites for hydroxylation is 1. The molecule has 0 saturated heterocycles. The summed E-state index contributed by atoms with van der Waals surface area (Å²) in [4.78, 5) is 16.2. The van der Waals surface area contributed by atoms with Crippen LogP contribution in [0, 0.1) is 12.8 Å². The molecule has 0 amide bonds. The fourth-order valence-corrected chi connectivity index (χ4v) is 3.06. The van der Waals surface area contributed by atoms with Gasteiger partial charge in [-0.15, -0.1) is 0 Å². The number of benzene rings is 1. The first-order chi connectivity index (χ1) is 10.2. The highest BCUT2D eigenvalue weighted by molar-refractivity contribution is 5.77. The highest BCUT2D eigenvalue weighted by Crippen LogP contribution is 2.28. The van der Waals surface area contributed by atoms with Crippen molar-refractivity contribution in [3.8, 4) is 5.75 Å². The fourth-order valence-electron chi connectivity index (χ4n) is 3.06. The van der Waals surface area contributed by atoms with Crippen molar-refractivity contribution in [2.45, 2.75) is 51.9 Å². The Bertz CT molecular complexity index is 626. The second-order valence-electron chi connectivity index (χ2n) is 5.88. The molecule has 2 aromatic rings. The van der Waals surface area contributed by atoms with Crippen LogP contribution in [0.1, 0.15) is 50.8 Å². The molecule has 1 fully saturated rings. The summed E-state index contributed by atoms with van der Waals surface area (Å²) in [5.74, 6) is 1.69. The zero-order chi connectivity index (χ0) is 14.7. The van der Waals surface area contributed by atoms with Crippen molar-refractivity contribution < 1.29 is 13.9 Å². The average molecular weight is 287 g/mol. The van der Waals surface area contributed by atoms with E-state index in [1.54, 1.807) is 19.1 Å². The quantitative estimate of drug-likeness (QED) is 0.617. The van der Waals surface area contributed by atoms with Crippen LogP contribution in [0.15, 0.2) is 22.6 Å². The fraction of sp³-hybridized carbons (Fsp3) is 0.529. The second kappa shape index (κ2) is 6.29. The molecule has 0 aliphatic heterocycles. The Hall–Kier alpha value is -1.84. The lowest BCUT2D eigenvalue weighted by Gasteiger charge is -2.20. The highest BCUT2D eigenvalue weighted by atomic mass is 16.5. The number of hydrogen-bond acceptors (Lipinski definition) is 4. The predicted molar refractivity (Wildman–Crippen MR) is 80.2 cm³/mol. The first-order valence-electron chi connectivity index (χ1n) is 7.78. The van der Waals surface area contributed by atoms with Gasteiger partial charge in [-0.25, -0.2) is 4.98 Å². The summed E-state index contributed by atoms with van der Waals surface area (Å²) in [6.07, 6.45) is 7.92. The van der Waals surface area contributed by atoms with Crippen molar-refractivity contribution in [2.24, 2.45) is 5.92 Å². The molecular formula is C17H21NO3. The van der Waals surface area contributed by atoms with Crippen LogP contribution in [0.5, 0.6) is 5.75 Å². The van der Waals surface area contributed by atoms with Crippen molar-refractivity contribution >= 4 is 17.1 Å². The molecule has 1 aliphatic rings. The van der Waals surface area contributed by atoms with Crippen molar-refractivity contribution in [3.05, 3.63) is 24.1 Å². The Labute approximate surface area is 124 Å². The van der Waals surface area contributed by atoms with Gasteiger partial charge in [0, 0.05) is 19.4 Å².